The normalized spacial score (nSPS) is 14.9. The van der Waals surface area contributed by atoms with Gasteiger partial charge in [0, 0.05) is 0 Å². The molecule has 0 fully saturated rings. The summed E-state index contributed by atoms with van der Waals surface area (Å²) in [6.45, 7) is 0. The fraction of sp³-hybridized carbons (Fsp3) is 0.273. The van der Waals surface area contributed by atoms with Crippen LogP contribution in [0.1, 0.15) is 0 Å². The molecule has 0 spiro atoms. The van der Waals surface area contributed by atoms with E-state index in [4.69, 9.17) is 9.47 Å². The van der Waals surface area contributed by atoms with E-state index in [-0.39, 0.29) is 0 Å². The van der Waals surface area contributed by atoms with Crippen molar-refractivity contribution in [3.8, 4) is 11.5 Å². The molecule has 0 saturated heterocycles. The van der Waals surface area contributed by atoms with Crippen LogP contribution in [-0.4, -0.2) is 18.4 Å². The molecule has 0 aromatic heterocycles. The number of benzene rings is 1. The molecule has 0 saturated carbocycles. The van der Waals surface area contributed by atoms with Crippen molar-refractivity contribution < 1.29 is 9.47 Å². The molecular weight excluding hydrogens is 283 g/mol. The van der Waals surface area contributed by atoms with E-state index in [2.05, 4.69) is 14.8 Å². The Morgan fingerprint density at radius 2 is 1.64 bits per heavy atom. The molecule has 0 radical (unpaired) electrons. The molecular formula is C11H14O2Sn. The zero-order valence-corrected chi connectivity index (χ0v) is 11.6. The molecule has 0 bridgehead atoms. The van der Waals surface area contributed by atoms with Crippen molar-refractivity contribution in [2.75, 3.05) is 0 Å². The molecule has 1 heterocycles. The van der Waals surface area contributed by atoms with Crippen LogP contribution in [0.3, 0.4) is 0 Å². The van der Waals surface area contributed by atoms with Gasteiger partial charge in [-0.3, -0.25) is 0 Å². The molecule has 1 aliphatic rings. The molecule has 2 nitrogen and oxygen atoms in total. The Labute approximate surface area is 88.4 Å². The molecule has 1 aromatic rings. The van der Waals surface area contributed by atoms with Crippen LogP contribution in [0.15, 0.2) is 34.3 Å². The summed E-state index contributed by atoms with van der Waals surface area (Å²) in [5.74, 6) is 1.66. The van der Waals surface area contributed by atoms with Gasteiger partial charge < -0.3 is 0 Å². The first-order valence-electron chi connectivity index (χ1n) is 4.71. The summed E-state index contributed by atoms with van der Waals surface area (Å²) < 4.78 is 12.4. The molecule has 0 aliphatic carbocycles. The van der Waals surface area contributed by atoms with Gasteiger partial charge in [-0.15, -0.1) is 0 Å². The predicted molar refractivity (Wildman–Crippen MR) is 59.1 cm³/mol. The summed E-state index contributed by atoms with van der Waals surface area (Å²) in [5.41, 5.74) is 0. The molecule has 0 N–H and O–H groups in total. The van der Waals surface area contributed by atoms with E-state index in [0.717, 1.165) is 15.3 Å². The quantitative estimate of drug-likeness (QED) is 0.741. The topological polar surface area (TPSA) is 18.5 Å². The average molecular weight is 297 g/mol. The molecule has 0 atom stereocenters. The minimum atomic E-state index is -2.12. The van der Waals surface area contributed by atoms with Crippen molar-refractivity contribution in [1.29, 1.82) is 0 Å². The summed E-state index contributed by atoms with van der Waals surface area (Å²) in [7, 11) is 0. The number of para-hydroxylation sites is 2. The third-order valence-corrected chi connectivity index (χ3v) is 6.95. The molecule has 2 rings (SSSR count). The van der Waals surface area contributed by atoms with Crippen molar-refractivity contribution in [2.45, 2.75) is 14.8 Å². The van der Waals surface area contributed by atoms with Crippen molar-refractivity contribution in [1.82, 2.24) is 0 Å². The van der Waals surface area contributed by atoms with E-state index in [1.54, 1.807) is 6.26 Å². The predicted octanol–water partition coefficient (Wildman–Crippen LogP) is 3.18. The Kier molecular flexibility index (Phi) is 2.47. The van der Waals surface area contributed by atoms with Crippen LogP contribution >= 0.6 is 0 Å². The van der Waals surface area contributed by atoms with Gasteiger partial charge in [0.15, 0.2) is 0 Å². The molecule has 1 aliphatic heterocycles. The fourth-order valence-corrected chi connectivity index (χ4v) is 3.59. The van der Waals surface area contributed by atoms with Crippen LogP contribution in [0, 0.1) is 0 Å². The first-order valence-corrected chi connectivity index (χ1v) is 14.7. The van der Waals surface area contributed by atoms with Crippen LogP contribution in [-0.2, 0) is 0 Å². The van der Waals surface area contributed by atoms with Gasteiger partial charge in [0.2, 0.25) is 0 Å². The van der Waals surface area contributed by atoms with Gasteiger partial charge in [-0.2, -0.15) is 0 Å². The Hall–Kier alpha value is -0.641. The Morgan fingerprint density at radius 1 is 1.00 bits per heavy atom. The second-order valence-corrected chi connectivity index (χ2v) is 18.6. The Morgan fingerprint density at radius 3 is 2.29 bits per heavy atom. The van der Waals surface area contributed by atoms with Gasteiger partial charge in [0.25, 0.3) is 0 Å². The zero-order valence-electron chi connectivity index (χ0n) is 8.70. The monoisotopic (exact) mass is 298 g/mol. The third-order valence-electron chi connectivity index (χ3n) is 2.10. The molecule has 0 amide bonds. The van der Waals surface area contributed by atoms with Crippen molar-refractivity contribution in [3.05, 3.63) is 34.3 Å². The molecule has 0 unspecified atom stereocenters. The van der Waals surface area contributed by atoms with Gasteiger partial charge in [0.05, 0.1) is 0 Å². The van der Waals surface area contributed by atoms with E-state index < -0.39 is 18.4 Å². The van der Waals surface area contributed by atoms with Gasteiger partial charge in [-0.1, -0.05) is 0 Å². The second-order valence-electron chi connectivity index (χ2n) is 4.40. The third kappa shape index (κ3) is 1.90. The summed E-state index contributed by atoms with van der Waals surface area (Å²) in [5, 5.41) is 0. The minimum absolute atomic E-state index is 0.812. The van der Waals surface area contributed by atoms with Crippen LogP contribution in [0.5, 0.6) is 11.5 Å². The number of rotatable bonds is 1. The van der Waals surface area contributed by atoms with Crippen molar-refractivity contribution >= 4 is 18.4 Å². The van der Waals surface area contributed by atoms with E-state index in [0.29, 0.717) is 0 Å². The first kappa shape index (κ1) is 9.90. The SMILES string of the molecule is [CH3][Sn]([CH3])([CH3])[C]1=COc2ccccc2O1. The maximum absolute atomic E-state index is 5.83. The van der Waals surface area contributed by atoms with E-state index >= 15 is 0 Å². The zero-order chi connectivity index (χ0) is 10.2. The Bertz CT molecular complexity index is 377. The standard InChI is InChI=1S/C8H5O2.3CH3.Sn/c1-2-4-8-7(3-1)9-5-6-10-8;;;;/h1-5H;3*1H3;. The Balaban J connectivity index is 2.30. The van der Waals surface area contributed by atoms with Crippen molar-refractivity contribution in [2.24, 2.45) is 0 Å². The van der Waals surface area contributed by atoms with Crippen LogP contribution < -0.4 is 9.47 Å². The summed E-state index contributed by atoms with van der Waals surface area (Å²) in [6.07, 6.45) is 1.78. The second kappa shape index (κ2) is 3.50. The summed E-state index contributed by atoms with van der Waals surface area (Å²) >= 11 is -2.12. The van der Waals surface area contributed by atoms with Crippen LogP contribution in [0.4, 0.5) is 0 Å². The van der Waals surface area contributed by atoms with Gasteiger partial charge in [-0.25, -0.2) is 0 Å². The fourth-order valence-electron chi connectivity index (χ4n) is 1.22. The van der Waals surface area contributed by atoms with Crippen molar-refractivity contribution in [3.63, 3.8) is 0 Å². The van der Waals surface area contributed by atoms with Gasteiger partial charge in [-0.05, 0) is 0 Å². The van der Waals surface area contributed by atoms with E-state index in [9.17, 15) is 0 Å². The first-order chi connectivity index (χ1) is 6.57. The number of fused-ring (bicyclic) bond motifs is 1. The molecule has 1 aromatic carbocycles. The van der Waals surface area contributed by atoms with E-state index in [1.165, 1.54) is 0 Å². The van der Waals surface area contributed by atoms with Gasteiger partial charge in [0.1, 0.15) is 0 Å². The summed E-state index contributed by atoms with van der Waals surface area (Å²) in [4.78, 5) is 6.91. The molecule has 3 heteroatoms. The number of ether oxygens (including phenoxy) is 2. The van der Waals surface area contributed by atoms with E-state index in [1.807, 2.05) is 24.3 Å². The van der Waals surface area contributed by atoms with Gasteiger partial charge >= 0.3 is 88.5 Å². The average Bonchev–Trinajstić information content (AvgIpc) is 2.16. The molecule has 14 heavy (non-hydrogen) atoms. The van der Waals surface area contributed by atoms with Crippen LogP contribution in [0.25, 0.3) is 0 Å². The number of hydrogen-bond acceptors (Lipinski definition) is 2. The molecule has 74 valence electrons. The van der Waals surface area contributed by atoms with Crippen LogP contribution in [0.2, 0.25) is 14.8 Å². The summed E-state index contributed by atoms with van der Waals surface area (Å²) in [6, 6.07) is 7.77. The maximum atomic E-state index is 5.83. The number of hydrogen-bond donors (Lipinski definition) is 0.